The van der Waals surface area contributed by atoms with Gasteiger partial charge in [0.15, 0.2) is 0 Å². The Morgan fingerprint density at radius 3 is 2.74 bits per heavy atom. The zero-order valence-corrected chi connectivity index (χ0v) is 21.6. The lowest BCUT2D eigenvalue weighted by molar-refractivity contribution is -0.171. The van der Waals surface area contributed by atoms with E-state index < -0.39 is 5.60 Å². The van der Waals surface area contributed by atoms with Gasteiger partial charge in [0.2, 0.25) is 0 Å². The number of rotatable bonds is 5. The Balaban J connectivity index is 1.35. The minimum atomic E-state index is -0.510. The zero-order valence-electron chi connectivity index (χ0n) is 21.6. The summed E-state index contributed by atoms with van der Waals surface area (Å²) in [6, 6.07) is 2.17. The summed E-state index contributed by atoms with van der Waals surface area (Å²) in [5.74, 6) is 3.27. The van der Waals surface area contributed by atoms with E-state index >= 15 is 0 Å². The highest BCUT2D eigenvalue weighted by molar-refractivity contribution is 5.84. The molecule has 0 aliphatic heterocycles. The van der Waals surface area contributed by atoms with E-state index in [2.05, 4.69) is 38.9 Å². The lowest BCUT2D eigenvalue weighted by Gasteiger charge is -2.61. The maximum Gasteiger partial charge on any atom is 0.137 e. The van der Waals surface area contributed by atoms with Crippen molar-refractivity contribution in [3.8, 4) is 6.07 Å². The molecule has 5 rings (SSSR count). The minimum absolute atomic E-state index is 0.0633. The first-order chi connectivity index (χ1) is 16.1. The summed E-state index contributed by atoms with van der Waals surface area (Å²) in [6.07, 6.45) is 13.7. The molecular weight excluding hydrogens is 422 g/mol. The fourth-order valence-corrected chi connectivity index (χ4v) is 9.75. The van der Waals surface area contributed by atoms with Gasteiger partial charge in [-0.15, -0.1) is 0 Å². The Kier molecular flexibility index (Phi) is 5.99. The fraction of sp³-hybridized carbons (Fsp3) is 0.828. The van der Waals surface area contributed by atoms with Crippen molar-refractivity contribution < 1.29 is 9.90 Å². The molecule has 4 aliphatic rings. The van der Waals surface area contributed by atoms with Crippen LogP contribution < -0.4 is 0 Å². The van der Waals surface area contributed by atoms with E-state index in [0.717, 1.165) is 51.5 Å². The Morgan fingerprint density at radius 2 is 2.03 bits per heavy atom. The average molecular weight is 466 g/mol. The van der Waals surface area contributed by atoms with Crippen molar-refractivity contribution in [3.63, 3.8) is 0 Å². The molecule has 4 aliphatic carbocycles. The van der Waals surface area contributed by atoms with Crippen LogP contribution in [0.25, 0.3) is 0 Å². The van der Waals surface area contributed by atoms with Crippen LogP contribution in [0.3, 0.4) is 0 Å². The summed E-state index contributed by atoms with van der Waals surface area (Å²) in [5.41, 5.74) is 0.239. The number of nitrogens with zero attached hydrogens (tertiary/aromatic N) is 3. The van der Waals surface area contributed by atoms with Gasteiger partial charge in [0, 0.05) is 25.1 Å². The molecule has 1 aromatic heterocycles. The fourth-order valence-electron chi connectivity index (χ4n) is 9.75. The molecule has 5 nitrogen and oxygen atoms in total. The summed E-state index contributed by atoms with van der Waals surface area (Å²) in [4.78, 5) is 14.0. The second kappa shape index (κ2) is 8.47. The summed E-state index contributed by atoms with van der Waals surface area (Å²) in [6.45, 7) is 10.1. The third kappa shape index (κ3) is 3.67. The highest BCUT2D eigenvalue weighted by Gasteiger charge is 2.64. The standard InChI is InChI=1S/C29H43N3O2/c1-5-10-29(34)12-11-27(3)21(13-29)6-7-22-24-9-8-23(28(24,4)14-25(33)26(22)27)19(2)17-32-18-20(15-30)16-31-32/h16,18-19,21-24,26,34H,5-14,17H2,1-4H3/t19-,21-,22+,23?,24?,26?,27+,28-,29-/m1/s1. The molecule has 4 fully saturated rings. The molecule has 0 amide bonds. The molecule has 4 saturated carbocycles. The topological polar surface area (TPSA) is 78.9 Å². The summed E-state index contributed by atoms with van der Waals surface area (Å²) in [7, 11) is 0. The van der Waals surface area contributed by atoms with E-state index in [1.807, 2.05) is 10.9 Å². The van der Waals surface area contributed by atoms with Gasteiger partial charge < -0.3 is 5.11 Å². The largest absolute Gasteiger partial charge is 0.390 e. The van der Waals surface area contributed by atoms with Crippen LogP contribution in [0.1, 0.15) is 97.5 Å². The summed E-state index contributed by atoms with van der Waals surface area (Å²) in [5, 5.41) is 24.7. The van der Waals surface area contributed by atoms with Gasteiger partial charge in [-0.05, 0) is 91.8 Å². The van der Waals surface area contributed by atoms with Crippen LogP contribution in [0.2, 0.25) is 0 Å². The molecule has 0 spiro atoms. The van der Waals surface area contributed by atoms with E-state index in [1.165, 1.54) is 19.3 Å². The van der Waals surface area contributed by atoms with Gasteiger partial charge in [0.1, 0.15) is 11.9 Å². The molecule has 5 heteroatoms. The van der Waals surface area contributed by atoms with Gasteiger partial charge in [0.05, 0.1) is 17.4 Å². The quantitative estimate of drug-likeness (QED) is 0.599. The van der Waals surface area contributed by atoms with E-state index in [1.54, 1.807) is 6.20 Å². The van der Waals surface area contributed by atoms with Crippen LogP contribution in [0.15, 0.2) is 12.4 Å². The van der Waals surface area contributed by atoms with Crippen LogP contribution >= 0.6 is 0 Å². The number of hydrogen-bond donors (Lipinski definition) is 1. The molecule has 1 aromatic rings. The highest BCUT2D eigenvalue weighted by Crippen LogP contribution is 2.68. The number of carbonyl (C=O) groups is 1. The maximum atomic E-state index is 14.0. The number of carbonyl (C=O) groups excluding carboxylic acids is 1. The Labute approximate surface area is 205 Å². The van der Waals surface area contributed by atoms with E-state index in [9.17, 15) is 9.90 Å². The maximum absolute atomic E-state index is 14.0. The number of Topliss-reactive ketones (excluding diaryl/α,β-unsaturated/α-hetero) is 1. The lowest BCUT2D eigenvalue weighted by atomic mass is 9.43. The first-order valence-electron chi connectivity index (χ1n) is 13.8. The van der Waals surface area contributed by atoms with Gasteiger partial charge in [-0.1, -0.05) is 34.1 Å². The van der Waals surface area contributed by atoms with Crippen LogP contribution in [0.5, 0.6) is 0 Å². The Morgan fingerprint density at radius 1 is 1.24 bits per heavy atom. The van der Waals surface area contributed by atoms with E-state index in [0.29, 0.717) is 40.9 Å². The minimum Gasteiger partial charge on any atom is -0.390 e. The van der Waals surface area contributed by atoms with Gasteiger partial charge in [-0.25, -0.2) is 0 Å². The van der Waals surface area contributed by atoms with Gasteiger partial charge in [0.25, 0.3) is 0 Å². The molecule has 0 bridgehead atoms. The molecule has 1 N–H and O–H groups in total. The van der Waals surface area contributed by atoms with Gasteiger partial charge in [-0.3, -0.25) is 9.48 Å². The van der Waals surface area contributed by atoms with Crippen molar-refractivity contribution in [1.82, 2.24) is 9.78 Å². The second-order valence-electron chi connectivity index (χ2n) is 13.1. The number of fused-ring (bicyclic) bond motifs is 5. The number of aromatic nitrogens is 2. The Hall–Kier alpha value is -1.67. The van der Waals surface area contributed by atoms with Crippen molar-refractivity contribution >= 4 is 5.78 Å². The molecule has 0 radical (unpaired) electrons. The predicted octanol–water partition coefficient (Wildman–Crippen LogP) is 5.76. The number of aliphatic hydroxyl groups is 1. The van der Waals surface area contributed by atoms with Crippen LogP contribution in [-0.4, -0.2) is 26.3 Å². The van der Waals surface area contributed by atoms with E-state index in [4.69, 9.17) is 5.26 Å². The van der Waals surface area contributed by atoms with Gasteiger partial charge in [-0.2, -0.15) is 10.4 Å². The average Bonchev–Trinajstić information content (AvgIpc) is 3.37. The van der Waals surface area contributed by atoms with Crippen molar-refractivity contribution in [3.05, 3.63) is 18.0 Å². The van der Waals surface area contributed by atoms with Crippen molar-refractivity contribution in [2.45, 2.75) is 104 Å². The molecule has 0 saturated heterocycles. The monoisotopic (exact) mass is 465 g/mol. The SMILES string of the molecule is CCC[C@@]1(O)CC[C@]2(C)C3C(=O)C[C@@]4(C)C(CCC4[C@H](C)Cn4cc(C#N)cn4)[C@@H]3CC[C@@H]2C1. The van der Waals surface area contributed by atoms with Crippen molar-refractivity contribution in [2.75, 3.05) is 0 Å². The number of hydrogen-bond acceptors (Lipinski definition) is 4. The zero-order chi connectivity index (χ0) is 24.3. The molecule has 186 valence electrons. The first-order valence-corrected chi connectivity index (χ1v) is 13.8. The predicted molar refractivity (Wildman–Crippen MR) is 132 cm³/mol. The van der Waals surface area contributed by atoms with Crippen LogP contribution in [0, 0.1) is 57.7 Å². The normalized spacial score (nSPS) is 44.6. The second-order valence-corrected chi connectivity index (χ2v) is 13.1. The molecule has 3 unspecified atom stereocenters. The number of ketones is 1. The summed E-state index contributed by atoms with van der Waals surface area (Å²) < 4.78 is 1.92. The smallest absolute Gasteiger partial charge is 0.137 e. The lowest BCUT2D eigenvalue weighted by Crippen LogP contribution is -2.59. The van der Waals surface area contributed by atoms with Gasteiger partial charge >= 0.3 is 0 Å². The van der Waals surface area contributed by atoms with E-state index in [-0.39, 0.29) is 16.7 Å². The molecular formula is C29H43N3O2. The molecule has 1 heterocycles. The molecule has 9 atom stereocenters. The van der Waals surface area contributed by atoms with Crippen molar-refractivity contribution in [1.29, 1.82) is 5.26 Å². The van der Waals surface area contributed by atoms with Crippen LogP contribution in [0.4, 0.5) is 0 Å². The first kappa shape index (κ1) is 24.0. The molecule has 0 aromatic carbocycles. The molecule has 34 heavy (non-hydrogen) atoms. The number of nitriles is 1. The highest BCUT2D eigenvalue weighted by atomic mass is 16.3. The third-order valence-electron chi connectivity index (χ3n) is 11.2. The Bertz CT molecular complexity index is 980. The third-order valence-corrected chi connectivity index (χ3v) is 11.2. The van der Waals surface area contributed by atoms with Crippen molar-refractivity contribution in [2.24, 2.45) is 46.3 Å². The van der Waals surface area contributed by atoms with Crippen LogP contribution in [-0.2, 0) is 11.3 Å². The summed E-state index contributed by atoms with van der Waals surface area (Å²) >= 11 is 0.